The van der Waals surface area contributed by atoms with Gasteiger partial charge in [-0.2, -0.15) is 4.57 Å². The number of nitrogens with zero attached hydrogens (tertiary/aromatic N) is 1. The summed E-state index contributed by atoms with van der Waals surface area (Å²) in [6, 6.07) is 6.04. The van der Waals surface area contributed by atoms with Crippen LogP contribution in [0, 0.1) is 13.8 Å². The van der Waals surface area contributed by atoms with Crippen molar-refractivity contribution in [2.24, 2.45) is 0 Å². The average molecular weight is 189 g/mol. The van der Waals surface area contributed by atoms with Crippen LogP contribution in [0.3, 0.4) is 0 Å². The molecule has 0 aliphatic rings. The van der Waals surface area contributed by atoms with Gasteiger partial charge in [-0.25, -0.2) is 9.78 Å². The van der Waals surface area contributed by atoms with Crippen LogP contribution in [-0.2, 0) is 0 Å². The molecule has 72 valence electrons. The number of aryl methyl sites for hydroxylation is 2. The minimum absolute atomic E-state index is 0.0411. The van der Waals surface area contributed by atoms with Crippen LogP contribution in [0.2, 0.25) is 0 Å². The van der Waals surface area contributed by atoms with Crippen molar-refractivity contribution in [2.75, 3.05) is 0 Å². The van der Waals surface area contributed by atoms with Crippen molar-refractivity contribution in [3.63, 3.8) is 0 Å². The highest BCUT2D eigenvalue weighted by molar-refractivity contribution is 5.88. The Hall–Kier alpha value is -1.64. The zero-order valence-corrected chi connectivity index (χ0v) is 8.59. The zero-order chi connectivity index (χ0) is 10.3. The third-order valence-electron chi connectivity index (χ3n) is 2.36. The quantitative estimate of drug-likeness (QED) is 0.621. The third kappa shape index (κ3) is 1.21. The van der Waals surface area contributed by atoms with Crippen LogP contribution >= 0.6 is 0 Å². The van der Waals surface area contributed by atoms with E-state index in [1.807, 2.05) is 32.0 Å². The van der Waals surface area contributed by atoms with E-state index in [4.69, 9.17) is 0 Å². The summed E-state index contributed by atoms with van der Waals surface area (Å²) in [6.07, 6.45) is 0. The predicted molar refractivity (Wildman–Crippen MR) is 54.3 cm³/mol. The Labute approximate surface area is 82.4 Å². The molecule has 0 spiro atoms. The molecule has 2 rings (SSSR count). The lowest BCUT2D eigenvalue weighted by Gasteiger charge is -1.92. The van der Waals surface area contributed by atoms with Crippen molar-refractivity contribution in [1.82, 2.24) is 4.57 Å². The summed E-state index contributed by atoms with van der Waals surface area (Å²) < 4.78 is 1.70. The number of benzene rings is 1. The molecular weight excluding hydrogens is 176 g/mol. The number of hydrogen-bond acceptors (Lipinski definition) is 1. The first-order chi connectivity index (χ1) is 6.59. The van der Waals surface area contributed by atoms with Gasteiger partial charge in [0.15, 0.2) is 11.0 Å². The number of aromatic nitrogens is 2. The van der Waals surface area contributed by atoms with Gasteiger partial charge in [0.05, 0.1) is 0 Å². The summed E-state index contributed by atoms with van der Waals surface area (Å²) >= 11 is 0. The number of fused-ring (bicyclic) bond motifs is 1. The number of H-pyrrole nitrogens is 1. The highest BCUT2D eigenvalue weighted by atomic mass is 16.1. The molecule has 2 aromatic rings. The van der Waals surface area contributed by atoms with Gasteiger partial charge in [0.25, 0.3) is 5.82 Å². The van der Waals surface area contributed by atoms with Gasteiger partial charge >= 0.3 is 5.91 Å². The van der Waals surface area contributed by atoms with Crippen molar-refractivity contribution >= 4 is 16.9 Å². The van der Waals surface area contributed by atoms with E-state index < -0.39 is 0 Å². The van der Waals surface area contributed by atoms with Gasteiger partial charge in [0, 0.05) is 13.8 Å². The van der Waals surface area contributed by atoms with Gasteiger partial charge in [-0.15, -0.1) is 0 Å². The molecule has 3 heteroatoms. The topological polar surface area (TPSA) is 36.1 Å². The Balaban J connectivity index is 2.86. The van der Waals surface area contributed by atoms with Crippen LogP contribution in [0.4, 0.5) is 0 Å². The van der Waals surface area contributed by atoms with E-state index in [9.17, 15) is 4.79 Å². The maximum absolute atomic E-state index is 11.4. The van der Waals surface area contributed by atoms with E-state index in [-0.39, 0.29) is 5.91 Å². The first-order valence-electron chi connectivity index (χ1n) is 4.61. The van der Waals surface area contributed by atoms with Gasteiger partial charge in [0.2, 0.25) is 0 Å². The molecule has 3 nitrogen and oxygen atoms in total. The lowest BCUT2D eigenvalue weighted by molar-refractivity contribution is -0.356. The van der Waals surface area contributed by atoms with E-state index in [0.29, 0.717) is 0 Å². The second-order valence-electron chi connectivity index (χ2n) is 3.59. The molecule has 1 N–H and O–H groups in total. The van der Waals surface area contributed by atoms with Gasteiger partial charge < -0.3 is 0 Å². The van der Waals surface area contributed by atoms with Gasteiger partial charge in [-0.3, -0.25) is 0 Å². The normalized spacial score (nSPS) is 10.8. The van der Waals surface area contributed by atoms with Crippen LogP contribution in [0.25, 0.3) is 11.0 Å². The summed E-state index contributed by atoms with van der Waals surface area (Å²) in [6.45, 7) is 5.49. The molecule has 0 saturated carbocycles. The van der Waals surface area contributed by atoms with E-state index in [2.05, 4.69) is 4.98 Å². The Kier molecular flexibility index (Phi) is 1.88. The number of imidazole rings is 1. The second kappa shape index (κ2) is 2.94. The minimum Gasteiger partial charge on any atom is -0.247 e. The smallest absolute Gasteiger partial charge is 0.247 e. The molecule has 14 heavy (non-hydrogen) atoms. The van der Waals surface area contributed by atoms with Crippen molar-refractivity contribution in [3.05, 3.63) is 29.6 Å². The number of aromatic amines is 1. The van der Waals surface area contributed by atoms with Gasteiger partial charge in [-0.05, 0) is 24.6 Å². The number of rotatable bonds is 0. The predicted octanol–water partition coefficient (Wildman–Crippen LogP) is 1.73. The molecule has 0 aliphatic carbocycles. The standard InChI is InChI=1S/C11H12N2O/c1-7-4-5-10-11(6-7)13(9(3)14)8(2)12-10/h4-6H,1-3H3/p+1. The molecule has 0 unspecified atom stereocenters. The molecule has 0 aliphatic heterocycles. The first kappa shape index (κ1) is 8.94. The molecule has 0 radical (unpaired) electrons. The maximum Gasteiger partial charge on any atom is 0.311 e. The molecule has 1 aromatic heterocycles. The summed E-state index contributed by atoms with van der Waals surface area (Å²) in [7, 11) is 0. The fraction of sp³-hybridized carbons (Fsp3) is 0.273. The summed E-state index contributed by atoms with van der Waals surface area (Å²) in [5, 5.41) is 0. The SMILES string of the molecule is CC(=O)n1c(C)[nH+]c2ccc(C)cc21. The molecule has 0 amide bonds. The van der Waals surface area contributed by atoms with Crippen molar-refractivity contribution in [3.8, 4) is 0 Å². The zero-order valence-electron chi connectivity index (χ0n) is 8.59. The number of hydrogen-bond donors (Lipinski definition) is 0. The van der Waals surface area contributed by atoms with Crippen LogP contribution in [0.5, 0.6) is 0 Å². The van der Waals surface area contributed by atoms with Crippen molar-refractivity contribution in [2.45, 2.75) is 20.8 Å². The Bertz CT molecular complexity index is 511. The van der Waals surface area contributed by atoms with E-state index >= 15 is 0 Å². The monoisotopic (exact) mass is 189 g/mol. The van der Waals surface area contributed by atoms with Crippen LogP contribution in [0.15, 0.2) is 18.2 Å². The molecule has 0 atom stereocenters. The largest absolute Gasteiger partial charge is 0.311 e. The van der Waals surface area contributed by atoms with Crippen LogP contribution in [0.1, 0.15) is 23.1 Å². The highest BCUT2D eigenvalue weighted by Gasteiger charge is 2.17. The molecule has 0 saturated heterocycles. The Morgan fingerprint density at radius 3 is 2.71 bits per heavy atom. The van der Waals surface area contributed by atoms with Gasteiger partial charge in [0.1, 0.15) is 0 Å². The maximum atomic E-state index is 11.4. The number of carbonyl (C=O) groups is 1. The fourth-order valence-electron chi connectivity index (χ4n) is 1.77. The molecule has 1 aromatic carbocycles. The molecule has 0 fully saturated rings. The summed E-state index contributed by atoms with van der Waals surface area (Å²) in [5.41, 5.74) is 3.12. The Morgan fingerprint density at radius 1 is 1.36 bits per heavy atom. The highest BCUT2D eigenvalue weighted by Crippen LogP contribution is 2.13. The van der Waals surface area contributed by atoms with Gasteiger partial charge in [-0.1, -0.05) is 6.07 Å². The third-order valence-corrected chi connectivity index (χ3v) is 2.36. The van der Waals surface area contributed by atoms with Crippen molar-refractivity contribution < 1.29 is 9.78 Å². The summed E-state index contributed by atoms with van der Waals surface area (Å²) in [4.78, 5) is 14.6. The Morgan fingerprint density at radius 2 is 2.07 bits per heavy atom. The lowest BCUT2D eigenvalue weighted by atomic mass is 10.2. The molecular formula is C11H13N2O+. The first-order valence-corrected chi connectivity index (χ1v) is 4.61. The summed E-state index contributed by atoms with van der Waals surface area (Å²) in [5.74, 6) is 0.914. The second-order valence-corrected chi connectivity index (χ2v) is 3.59. The average Bonchev–Trinajstić information content (AvgIpc) is 2.40. The molecule has 0 bridgehead atoms. The van der Waals surface area contributed by atoms with E-state index in [1.54, 1.807) is 11.5 Å². The number of nitrogens with one attached hydrogen (secondary N) is 1. The van der Waals surface area contributed by atoms with Crippen LogP contribution < -0.4 is 4.98 Å². The number of carbonyl (C=O) groups excluding carboxylic acids is 1. The van der Waals surface area contributed by atoms with Crippen LogP contribution in [-0.4, -0.2) is 10.5 Å². The lowest BCUT2D eigenvalue weighted by Crippen LogP contribution is -2.12. The van der Waals surface area contributed by atoms with Crippen molar-refractivity contribution in [1.29, 1.82) is 0 Å². The van der Waals surface area contributed by atoms with E-state index in [0.717, 1.165) is 22.4 Å². The minimum atomic E-state index is 0.0411. The molecule has 1 heterocycles. The van der Waals surface area contributed by atoms with E-state index in [1.165, 1.54) is 0 Å². The fourth-order valence-corrected chi connectivity index (χ4v) is 1.77.